The van der Waals surface area contributed by atoms with Gasteiger partial charge in [0.1, 0.15) is 5.75 Å². The molecule has 1 N–H and O–H groups in total. The van der Waals surface area contributed by atoms with Crippen molar-refractivity contribution in [2.75, 3.05) is 106 Å². The molecular formula is C36H50N6O. The molecule has 0 unspecified atom stereocenters. The minimum absolute atomic E-state index is 0.871. The fourth-order valence-electron chi connectivity index (χ4n) is 6.26. The molecule has 43 heavy (non-hydrogen) atoms. The minimum atomic E-state index is 0.871. The molecule has 7 heteroatoms. The molecule has 2 saturated heterocycles. The molecule has 0 amide bonds. The Morgan fingerprint density at radius 2 is 1.37 bits per heavy atom. The predicted molar refractivity (Wildman–Crippen MR) is 183 cm³/mol. The summed E-state index contributed by atoms with van der Waals surface area (Å²) in [6.07, 6.45) is 2.97. The van der Waals surface area contributed by atoms with Gasteiger partial charge in [-0.15, -0.1) is 6.58 Å². The SMILES string of the molecule is C=CCCN(Cc1ccc(OC)cc1)c1ccc(N2CCN(CCN3CCN(c4ccc(NC)cc4)CC3)CC2)cc1C. The number of benzene rings is 3. The minimum Gasteiger partial charge on any atom is -0.497 e. The number of hydrogen-bond acceptors (Lipinski definition) is 7. The largest absolute Gasteiger partial charge is 0.497 e. The van der Waals surface area contributed by atoms with E-state index in [1.54, 1.807) is 7.11 Å². The van der Waals surface area contributed by atoms with Crippen LogP contribution in [-0.4, -0.2) is 95.9 Å². The van der Waals surface area contributed by atoms with Crippen molar-refractivity contribution in [1.82, 2.24) is 9.80 Å². The first kappa shape index (κ1) is 30.8. The van der Waals surface area contributed by atoms with Gasteiger partial charge < -0.3 is 24.8 Å². The van der Waals surface area contributed by atoms with Crippen molar-refractivity contribution in [3.05, 3.63) is 90.5 Å². The molecule has 7 nitrogen and oxygen atoms in total. The van der Waals surface area contributed by atoms with Crippen LogP contribution in [0.3, 0.4) is 0 Å². The maximum absolute atomic E-state index is 5.34. The summed E-state index contributed by atoms with van der Waals surface area (Å²) in [6, 6.07) is 24.2. The molecule has 2 aliphatic rings. The zero-order chi connectivity index (χ0) is 30.0. The molecular weight excluding hydrogens is 532 g/mol. The van der Waals surface area contributed by atoms with Gasteiger partial charge in [0.2, 0.25) is 0 Å². The molecule has 2 fully saturated rings. The monoisotopic (exact) mass is 582 g/mol. The molecule has 0 spiro atoms. The van der Waals surface area contributed by atoms with E-state index in [-0.39, 0.29) is 0 Å². The second-order valence-electron chi connectivity index (χ2n) is 11.8. The van der Waals surface area contributed by atoms with Crippen LogP contribution in [0.15, 0.2) is 79.4 Å². The number of ether oxygens (including phenoxy) is 1. The maximum atomic E-state index is 5.34. The standard InChI is InChI=1S/C36H50N6O/c1-5-6-17-42(29-31-7-14-35(43-4)15-8-31)36-16-13-34(28-30(36)2)41-26-22-39(23-27-41)19-18-38-20-24-40(25-21-38)33-11-9-32(37-3)10-12-33/h5,7-16,28,37H,1,6,17-27,29H2,2-4H3. The Balaban J connectivity index is 1.09. The van der Waals surface area contributed by atoms with Gasteiger partial charge in [0, 0.05) is 108 Å². The van der Waals surface area contributed by atoms with E-state index in [2.05, 4.69) is 97.9 Å². The first-order valence-corrected chi connectivity index (χ1v) is 15.9. The summed E-state index contributed by atoms with van der Waals surface area (Å²) in [5.74, 6) is 0.896. The van der Waals surface area contributed by atoms with Gasteiger partial charge in [0.05, 0.1) is 7.11 Å². The molecule has 0 atom stereocenters. The molecule has 0 bridgehead atoms. The first-order valence-electron chi connectivity index (χ1n) is 15.9. The average Bonchev–Trinajstić information content (AvgIpc) is 3.06. The van der Waals surface area contributed by atoms with Crippen LogP contribution >= 0.6 is 0 Å². The fraction of sp³-hybridized carbons (Fsp3) is 0.444. The number of piperazine rings is 2. The predicted octanol–water partition coefficient (Wildman–Crippen LogP) is 5.57. The van der Waals surface area contributed by atoms with E-state index in [1.807, 2.05) is 25.3 Å². The van der Waals surface area contributed by atoms with E-state index in [1.165, 1.54) is 33.9 Å². The van der Waals surface area contributed by atoms with Gasteiger partial charge in [-0.25, -0.2) is 0 Å². The highest BCUT2D eigenvalue weighted by atomic mass is 16.5. The van der Waals surface area contributed by atoms with Gasteiger partial charge in [-0.1, -0.05) is 18.2 Å². The topological polar surface area (TPSA) is 37.5 Å². The van der Waals surface area contributed by atoms with Crippen molar-refractivity contribution in [3.8, 4) is 5.75 Å². The van der Waals surface area contributed by atoms with Crippen LogP contribution in [0.4, 0.5) is 22.7 Å². The molecule has 2 heterocycles. The molecule has 3 aromatic rings. The Labute approximate surface area is 259 Å². The van der Waals surface area contributed by atoms with E-state index < -0.39 is 0 Å². The molecule has 0 saturated carbocycles. The Hall–Kier alpha value is -3.68. The third-order valence-electron chi connectivity index (χ3n) is 9.02. The Morgan fingerprint density at radius 3 is 1.91 bits per heavy atom. The normalized spacial score (nSPS) is 16.3. The van der Waals surface area contributed by atoms with Crippen LogP contribution in [0.1, 0.15) is 17.5 Å². The Bertz CT molecular complexity index is 1280. The molecule has 3 aromatic carbocycles. The summed E-state index contributed by atoms with van der Waals surface area (Å²) in [5, 5.41) is 3.21. The number of anilines is 4. The van der Waals surface area contributed by atoms with E-state index in [4.69, 9.17) is 4.74 Å². The maximum Gasteiger partial charge on any atom is 0.118 e. The Morgan fingerprint density at radius 1 is 0.791 bits per heavy atom. The van der Waals surface area contributed by atoms with Crippen molar-refractivity contribution in [2.45, 2.75) is 19.9 Å². The van der Waals surface area contributed by atoms with Gasteiger partial charge in [0.25, 0.3) is 0 Å². The summed E-state index contributed by atoms with van der Waals surface area (Å²) in [5.41, 5.74) is 7.75. The zero-order valence-electron chi connectivity index (χ0n) is 26.5. The van der Waals surface area contributed by atoms with Crippen molar-refractivity contribution in [2.24, 2.45) is 0 Å². The fourth-order valence-corrected chi connectivity index (χ4v) is 6.26. The van der Waals surface area contributed by atoms with Crippen molar-refractivity contribution in [1.29, 1.82) is 0 Å². The number of nitrogens with one attached hydrogen (secondary N) is 1. The highest BCUT2D eigenvalue weighted by molar-refractivity contribution is 5.62. The first-order chi connectivity index (χ1) is 21.1. The van der Waals surface area contributed by atoms with Gasteiger partial charge in [0.15, 0.2) is 0 Å². The molecule has 0 aliphatic carbocycles. The van der Waals surface area contributed by atoms with E-state index in [0.29, 0.717) is 0 Å². The second kappa shape index (κ2) is 15.2. The van der Waals surface area contributed by atoms with Gasteiger partial charge in [-0.05, 0) is 79.1 Å². The van der Waals surface area contributed by atoms with Crippen LogP contribution in [0.5, 0.6) is 5.75 Å². The number of rotatable bonds is 13. The summed E-state index contributed by atoms with van der Waals surface area (Å²) < 4.78 is 5.34. The average molecular weight is 583 g/mol. The van der Waals surface area contributed by atoms with E-state index >= 15 is 0 Å². The van der Waals surface area contributed by atoms with Gasteiger partial charge in [-0.3, -0.25) is 9.80 Å². The van der Waals surface area contributed by atoms with Gasteiger partial charge >= 0.3 is 0 Å². The lowest BCUT2D eigenvalue weighted by Gasteiger charge is -2.39. The number of methoxy groups -OCH3 is 1. The lowest BCUT2D eigenvalue weighted by Crippen LogP contribution is -2.51. The third kappa shape index (κ3) is 8.24. The zero-order valence-corrected chi connectivity index (χ0v) is 26.5. The van der Waals surface area contributed by atoms with Crippen molar-refractivity contribution in [3.63, 3.8) is 0 Å². The molecule has 0 aromatic heterocycles. The summed E-state index contributed by atoms with van der Waals surface area (Å²) >= 11 is 0. The quantitative estimate of drug-likeness (QED) is 0.264. The highest BCUT2D eigenvalue weighted by Gasteiger charge is 2.21. The van der Waals surface area contributed by atoms with Crippen LogP contribution in [0, 0.1) is 6.92 Å². The highest BCUT2D eigenvalue weighted by Crippen LogP contribution is 2.28. The Kier molecular flexibility index (Phi) is 10.9. The van der Waals surface area contributed by atoms with Crippen LogP contribution in [0.25, 0.3) is 0 Å². The third-order valence-corrected chi connectivity index (χ3v) is 9.02. The summed E-state index contributed by atoms with van der Waals surface area (Å²) in [6.45, 7) is 19.3. The van der Waals surface area contributed by atoms with Gasteiger partial charge in [-0.2, -0.15) is 0 Å². The lowest BCUT2D eigenvalue weighted by molar-refractivity contribution is 0.190. The van der Waals surface area contributed by atoms with Crippen LogP contribution in [0.2, 0.25) is 0 Å². The number of nitrogens with zero attached hydrogens (tertiary/aromatic N) is 5. The second-order valence-corrected chi connectivity index (χ2v) is 11.8. The lowest BCUT2D eigenvalue weighted by atomic mass is 10.1. The van der Waals surface area contributed by atoms with E-state index in [0.717, 1.165) is 90.7 Å². The molecule has 2 aliphatic heterocycles. The summed E-state index contributed by atoms with van der Waals surface area (Å²) in [4.78, 5) is 12.8. The van der Waals surface area contributed by atoms with Crippen molar-refractivity contribution < 1.29 is 4.74 Å². The molecule has 5 rings (SSSR count). The number of aryl methyl sites for hydroxylation is 1. The number of hydrogen-bond donors (Lipinski definition) is 1. The van der Waals surface area contributed by atoms with E-state index in [9.17, 15) is 0 Å². The van der Waals surface area contributed by atoms with Crippen LogP contribution < -0.4 is 24.8 Å². The molecule has 0 radical (unpaired) electrons. The smallest absolute Gasteiger partial charge is 0.118 e. The van der Waals surface area contributed by atoms with Crippen molar-refractivity contribution >= 4 is 22.7 Å². The summed E-state index contributed by atoms with van der Waals surface area (Å²) in [7, 11) is 3.68. The molecule has 230 valence electrons. The van der Waals surface area contributed by atoms with Crippen LogP contribution in [-0.2, 0) is 6.54 Å².